The molecule has 2 rings (SSSR count). The molecule has 1 fully saturated rings. The van der Waals surface area contributed by atoms with E-state index in [0.717, 1.165) is 25.3 Å². The molecule has 0 saturated carbocycles. The van der Waals surface area contributed by atoms with Gasteiger partial charge in [-0.1, -0.05) is 6.07 Å². The number of benzene rings is 1. The average Bonchev–Trinajstić information content (AvgIpc) is 2.35. The van der Waals surface area contributed by atoms with Crippen LogP contribution in [0.3, 0.4) is 0 Å². The number of para-hydroxylation sites is 1. The lowest BCUT2D eigenvalue weighted by molar-refractivity contribution is 0.222. The van der Waals surface area contributed by atoms with Crippen molar-refractivity contribution in [1.29, 1.82) is 0 Å². The van der Waals surface area contributed by atoms with Crippen molar-refractivity contribution >= 4 is 11.4 Å². The largest absolute Gasteiger partial charge is 0.395 e. The van der Waals surface area contributed by atoms with Crippen molar-refractivity contribution in [1.82, 2.24) is 4.90 Å². The van der Waals surface area contributed by atoms with Crippen LogP contribution in [0.1, 0.15) is 12.8 Å². The number of halogens is 1. The van der Waals surface area contributed by atoms with Crippen molar-refractivity contribution in [3.63, 3.8) is 0 Å². The summed E-state index contributed by atoms with van der Waals surface area (Å²) in [4.78, 5) is 4.43. The fraction of sp³-hybridized carbons (Fsp3) is 0.571. The highest BCUT2D eigenvalue weighted by molar-refractivity contribution is 5.67. The third kappa shape index (κ3) is 2.93. The summed E-state index contributed by atoms with van der Waals surface area (Å²) in [5.74, 6) is 0.344. The van der Waals surface area contributed by atoms with Crippen LogP contribution in [-0.4, -0.2) is 38.6 Å². The SMILES string of the molecule is CN1CCC(CN(C)c2cccc(F)c2N)CC1. The third-order valence-corrected chi connectivity index (χ3v) is 3.81. The number of hydrogen-bond donors (Lipinski definition) is 1. The van der Waals surface area contributed by atoms with Gasteiger partial charge in [0.05, 0.1) is 11.4 Å². The average molecular weight is 251 g/mol. The van der Waals surface area contributed by atoms with Crippen LogP contribution in [0.15, 0.2) is 18.2 Å². The highest BCUT2D eigenvalue weighted by Gasteiger charge is 2.19. The number of anilines is 2. The summed E-state index contributed by atoms with van der Waals surface area (Å²) < 4.78 is 13.4. The predicted molar refractivity (Wildman–Crippen MR) is 74.3 cm³/mol. The highest BCUT2D eigenvalue weighted by atomic mass is 19.1. The molecular weight excluding hydrogens is 229 g/mol. The Morgan fingerprint density at radius 2 is 2.06 bits per heavy atom. The van der Waals surface area contributed by atoms with Crippen LogP contribution in [0.25, 0.3) is 0 Å². The first-order valence-electron chi connectivity index (χ1n) is 6.51. The molecule has 3 nitrogen and oxygen atoms in total. The van der Waals surface area contributed by atoms with Crippen LogP contribution in [0.4, 0.5) is 15.8 Å². The van der Waals surface area contributed by atoms with E-state index >= 15 is 0 Å². The minimum Gasteiger partial charge on any atom is -0.395 e. The van der Waals surface area contributed by atoms with Crippen molar-refractivity contribution < 1.29 is 4.39 Å². The Morgan fingerprint density at radius 1 is 1.39 bits per heavy atom. The molecule has 1 saturated heterocycles. The number of hydrogen-bond acceptors (Lipinski definition) is 3. The molecule has 0 radical (unpaired) electrons. The van der Waals surface area contributed by atoms with Crippen LogP contribution < -0.4 is 10.6 Å². The highest BCUT2D eigenvalue weighted by Crippen LogP contribution is 2.27. The van der Waals surface area contributed by atoms with Gasteiger partial charge in [-0.05, 0) is 51.0 Å². The van der Waals surface area contributed by atoms with E-state index in [0.29, 0.717) is 5.92 Å². The molecule has 0 atom stereocenters. The van der Waals surface area contributed by atoms with Gasteiger partial charge in [0.2, 0.25) is 0 Å². The quantitative estimate of drug-likeness (QED) is 0.836. The molecule has 0 bridgehead atoms. The van der Waals surface area contributed by atoms with E-state index < -0.39 is 0 Å². The summed E-state index contributed by atoms with van der Waals surface area (Å²) in [5, 5.41) is 0. The molecule has 4 heteroatoms. The molecule has 18 heavy (non-hydrogen) atoms. The summed E-state index contributed by atoms with van der Waals surface area (Å²) in [6.07, 6.45) is 2.41. The number of rotatable bonds is 3. The first kappa shape index (κ1) is 13.1. The molecule has 1 heterocycles. The minimum atomic E-state index is -0.331. The van der Waals surface area contributed by atoms with Gasteiger partial charge in [-0.2, -0.15) is 0 Å². The maximum absolute atomic E-state index is 13.4. The van der Waals surface area contributed by atoms with E-state index in [1.807, 2.05) is 13.1 Å². The molecule has 1 aliphatic heterocycles. The number of piperidine rings is 1. The van der Waals surface area contributed by atoms with Crippen LogP contribution >= 0.6 is 0 Å². The first-order valence-corrected chi connectivity index (χ1v) is 6.51. The Balaban J connectivity index is 1.99. The second kappa shape index (κ2) is 5.57. The zero-order chi connectivity index (χ0) is 13.1. The van der Waals surface area contributed by atoms with Crippen LogP contribution in [0.2, 0.25) is 0 Å². The van der Waals surface area contributed by atoms with Gasteiger partial charge in [-0.25, -0.2) is 4.39 Å². The van der Waals surface area contributed by atoms with Crippen molar-refractivity contribution in [2.45, 2.75) is 12.8 Å². The van der Waals surface area contributed by atoms with Crippen molar-refractivity contribution in [2.24, 2.45) is 5.92 Å². The van der Waals surface area contributed by atoms with Crippen molar-refractivity contribution in [2.75, 3.05) is 44.4 Å². The monoisotopic (exact) mass is 251 g/mol. The van der Waals surface area contributed by atoms with Crippen molar-refractivity contribution in [3.8, 4) is 0 Å². The lowest BCUT2D eigenvalue weighted by Crippen LogP contribution is -2.35. The number of nitrogen functional groups attached to an aromatic ring is 1. The maximum Gasteiger partial charge on any atom is 0.148 e. The Hall–Kier alpha value is -1.29. The summed E-state index contributed by atoms with van der Waals surface area (Å²) in [6, 6.07) is 5.00. The van der Waals surface area contributed by atoms with Gasteiger partial charge in [0, 0.05) is 13.6 Å². The van der Waals surface area contributed by atoms with Gasteiger partial charge in [0.25, 0.3) is 0 Å². The van der Waals surface area contributed by atoms with Crippen LogP contribution in [0, 0.1) is 11.7 Å². The summed E-state index contributed by atoms with van der Waals surface area (Å²) in [5.41, 5.74) is 6.84. The van der Waals surface area contributed by atoms with Crippen LogP contribution in [-0.2, 0) is 0 Å². The summed E-state index contributed by atoms with van der Waals surface area (Å²) in [6.45, 7) is 3.25. The van der Waals surface area contributed by atoms with E-state index in [-0.39, 0.29) is 11.5 Å². The number of nitrogens with two attached hydrogens (primary N) is 1. The van der Waals surface area contributed by atoms with Gasteiger partial charge in [-0.3, -0.25) is 0 Å². The van der Waals surface area contributed by atoms with Crippen LogP contribution in [0.5, 0.6) is 0 Å². The molecule has 1 aromatic rings. The van der Waals surface area contributed by atoms with E-state index in [4.69, 9.17) is 5.73 Å². The molecule has 0 unspecified atom stereocenters. The fourth-order valence-electron chi connectivity index (χ4n) is 2.59. The Kier molecular flexibility index (Phi) is 4.07. The lowest BCUT2D eigenvalue weighted by Gasteiger charge is -2.32. The molecule has 0 aliphatic carbocycles. The van der Waals surface area contributed by atoms with Gasteiger partial charge in [0.1, 0.15) is 5.82 Å². The molecule has 0 aromatic heterocycles. The van der Waals surface area contributed by atoms with Crippen molar-refractivity contribution in [3.05, 3.63) is 24.0 Å². The summed E-state index contributed by atoms with van der Waals surface area (Å²) in [7, 11) is 4.15. The molecule has 100 valence electrons. The minimum absolute atomic E-state index is 0.257. The van der Waals surface area contributed by atoms with E-state index in [1.165, 1.54) is 18.9 Å². The second-order valence-electron chi connectivity index (χ2n) is 5.30. The van der Waals surface area contributed by atoms with Gasteiger partial charge in [0.15, 0.2) is 0 Å². The fourth-order valence-corrected chi connectivity index (χ4v) is 2.59. The normalized spacial score (nSPS) is 17.9. The topological polar surface area (TPSA) is 32.5 Å². The van der Waals surface area contributed by atoms with E-state index in [2.05, 4.69) is 16.8 Å². The standard InChI is InChI=1S/C14H22FN3/c1-17-8-6-11(7-9-17)10-18(2)13-5-3-4-12(15)14(13)16/h3-5,11H,6-10,16H2,1-2H3. The lowest BCUT2D eigenvalue weighted by atomic mass is 9.96. The molecule has 1 aliphatic rings. The zero-order valence-electron chi connectivity index (χ0n) is 11.2. The molecular formula is C14H22FN3. The molecule has 0 spiro atoms. The first-order chi connectivity index (χ1) is 8.58. The third-order valence-electron chi connectivity index (χ3n) is 3.81. The second-order valence-corrected chi connectivity index (χ2v) is 5.30. The van der Waals surface area contributed by atoms with E-state index in [9.17, 15) is 4.39 Å². The van der Waals surface area contributed by atoms with Gasteiger partial charge < -0.3 is 15.5 Å². The smallest absolute Gasteiger partial charge is 0.148 e. The molecule has 0 amide bonds. The summed E-state index contributed by atoms with van der Waals surface area (Å²) >= 11 is 0. The Bertz CT molecular complexity index is 400. The van der Waals surface area contributed by atoms with E-state index in [1.54, 1.807) is 6.07 Å². The molecule has 1 aromatic carbocycles. The Labute approximate surface area is 108 Å². The predicted octanol–water partition coefficient (Wildman–Crippen LogP) is 2.19. The maximum atomic E-state index is 13.4. The number of nitrogens with zero attached hydrogens (tertiary/aromatic N) is 2. The van der Waals surface area contributed by atoms with Gasteiger partial charge in [-0.15, -0.1) is 0 Å². The zero-order valence-corrected chi connectivity index (χ0v) is 11.2. The molecule has 2 N–H and O–H groups in total. The number of likely N-dealkylation sites (tertiary alicyclic amines) is 1. The Morgan fingerprint density at radius 3 is 2.72 bits per heavy atom. The van der Waals surface area contributed by atoms with Gasteiger partial charge >= 0.3 is 0 Å².